The van der Waals surface area contributed by atoms with Gasteiger partial charge in [-0.15, -0.1) is 0 Å². The Morgan fingerprint density at radius 1 is 1.04 bits per heavy atom. The van der Waals surface area contributed by atoms with Crippen LogP contribution in [0.1, 0.15) is 76.3 Å². The molecule has 0 spiro atoms. The molecule has 0 aromatic carbocycles. The lowest BCUT2D eigenvalue weighted by Gasteiger charge is -2.61. The highest BCUT2D eigenvalue weighted by Gasteiger charge is 2.58. The van der Waals surface area contributed by atoms with E-state index in [0.717, 1.165) is 29.7 Å². The molecule has 5 unspecified atom stereocenters. The van der Waals surface area contributed by atoms with Gasteiger partial charge in [0.05, 0.1) is 0 Å². The molecule has 1 aromatic heterocycles. The molecule has 152 valence electrons. The normalized spacial score (nSPS) is 45.0. The Morgan fingerprint density at radius 3 is 2.68 bits per heavy atom. The monoisotopic (exact) mass is 378 g/mol. The van der Waals surface area contributed by atoms with E-state index in [1.807, 2.05) is 6.20 Å². The second-order valence-corrected chi connectivity index (χ2v) is 11.0. The van der Waals surface area contributed by atoms with Gasteiger partial charge in [-0.1, -0.05) is 19.9 Å². The summed E-state index contributed by atoms with van der Waals surface area (Å²) in [4.78, 5) is 4.51. The van der Waals surface area contributed by atoms with Crippen LogP contribution >= 0.6 is 0 Å². The summed E-state index contributed by atoms with van der Waals surface area (Å²) in [6, 6.07) is 3.12. The van der Waals surface area contributed by atoms with Gasteiger partial charge in [0.1, 0.15) is 0 Å². The molecule has 5 rings (SSSR count). The summed E-state index contributed by atoms with van der Waals surface area (Å²) >= 11 is 0. The van der Waals surface area contributed by atoms with Crippen molar-refractivity contribution in [2.75, 3.05) is 7.05 Å². The Morgan fingerprint density at radius 2 is 1.89 bits per heavy atom. The molecule has 1 heterocycles. The van der Waals surface area contributed by atoms with Crippen LogP contribution in [0, 0.1) is 41.4 Å². The first-order chi connectivity index (χ1) is 13.5. The van der Waals surface area contributed by atoms with Crippen molar-refractivity contribution in [3.63, 3.8) is 0 Å². The number of allylic oxidation sites excluding steroid dienone is 2. The first-order valence-electron chi connectivity index (χ1n) is 11.8. The molecule has 28 heavy (non-hydrogen) atoms. The molecular weight excluding hydrogens is 340 g/mol. The van der Waals surface area contributed by atoms with Crippen LogP contribution in [0.3, 0.4) is 0 Å². The standard InChI is InChI=1S/C26H38N2/c1-17-13-18(16-28-15-17)22-7-8-23-21-6-5-19-14-20(27-4)9-11-25(19,2)24(21)10-12-26(22,23)3/h7,13,15-16,19-21,23-24,27H,5-6,8-12,14H2,1-4H3/t19?,20?,21?,23?,24?,25-,26+/m0/s1. The van der Waals surface area contributed by atoms with Gasteiger partial charge >= 0.3 is 0 Å². The number of fused-ring (bicyclic) bond motifs is 5. The van der Waals surface area contributed by atoms with E-state index in [4.69, 9.17) is 0 Å². The maximum Gasteiger partial charge on any atom is 0.0343 e. The second kappa shape index (κ2) is 6.69. The molecule has 3 fully saturated rings. The number of nitrogens with zero attached hydrogens (tertiary/aromatic N) is 1. The number of hydrogen-bond acceptors (Lipinski definition) is 2. The van der Waals surface area contributed by atoms with Crippen LogP contribution in [-0.2, 0) is 0 Å². The lowest BCUT2D eigenvalue weighted by molar-refractivity contribution is -0.0996. The fourth-order valence-corrected chi connectivity index (χ4v) is 8.24. The maximum absolute atomic E-state index is 4.51. The fraction of sp³-hybridized carbons (Fsp3) is 0.731. The predicted molar refractivity (Wildman–Crippen MR) is 117 cm³/mol. The second-order valence-electron chi connectivity index (χ2n) is 11.0. The number of pyridine rings is 1. The number of hydrogen-bond donors (Lipinski definition) is 1. The highest BCUT2D eigenvalue weighted by molar-refractivity contribution is 5.72. The summed E-state index contributed by atoms with van der Waals surface area (Å²) in [5, 5.41) is 3.58. The highest BCUT2D eigenvalue weighted by Crippen LogP contribution is 2.67. The largest absolute Gasteiger partial charge is 0.317 e. The number of nitrogens with one attached hydrogen (secondary N) is 1. The molecule has 0 saturated heterocycles. The summed E-state index contributed by atoms with van der Waals surface area (Å²) in [7, 11) is 2.16. The Labute approximate surface area is 171 Å². The van der Waals surface area contributed by atoms with Gasteiger partial charge in [0.25, 0.3) is 0 Å². The van der Waals surface area contributed by atoms with E-state index in [1.165, 1.54) is 62.5 Å². The van der Waals surface area contributed by atoms with Crippen LogP contribution in [0.25, 0.3) is 5.57 Å². The van der Waals surface area contributed by atoms with E-state index >= 15 is 0 Å². The zero-order valence-corrected chi connectivity index (χ0v) is 18.3. The number of rotatable bonds is 2. The third kappa shape index (κ3) is 2.66. The highest BCUT2D eigenvalue weighted by atomic mass is 14.9. The first-order valence-corrected chi connectivity index (χ1v) is 11.8. The van der Waals surface area contributed by atoms with E-state index in [0.29, 0.717) is 10.8 Å². The Bertz CT molecular complexity index is 782. The summed E-state index contributed by atoms with van der Waals surface area (Å²) in [6.45, 7) is 7.44. The molecule has 3 saturated carbocycles. The van der Waals surface area contributed by atoms with Gasteiger partial charge < -0.3 is 5.32 Å². The van der Waals surface area contributed by atoms with Gasteiger partial charge in [-0.25, -0.2) is 0 Å². The molecule has 0 radical (unpaired) electrons. The van der Waals surface area contributed by atoms with Crippen molar-refractivity contribution in [1.82, 2.24) is 10.3 Å². The van der Waals surface area contributed by atoms with Gasteiger partial charge in [-0.05, 0) is 123 Å². The van der Waals surface area contributed by atoms with Gasteiger partial charge in [0.15, 0.2) is 0 Å². The minimum Gasteiger partial charge on any atom is -0.317 e. The van der Waals surface area contributed by atoms with Crippen molar-refractivity contribution in [3.05, 3.63) is 35.7 Å². The van der Waals surface area contributed by atoms with Crippen LogP contribution in [0.15, 0.2) is 24.5 Å². The zero-order chi connectivity index (χ0) is 19.5. The van der Waals surface area contributed by atoms with E-state index in [9.17, 15) is 0 Å². The maximum atomic E-state index is 4.51. The summed E-state index contributed by atoms with van der Waals surface area (Å²) in [5.41, 5.74) is 5.23. The molecule has 4 aliphatic carbocycles. The first kappa shape index (κ1) is 18.9. The minimum atomic E-state index is 0.363. The van der Waals surface area contributed by atoms with Crippen LogP contribution < -0.4 is 5.32 Å². The summed E-state index contributed by atoms with van der Waals surface area (Å²) in [6.07, 6.45) is 18.0. The van der Waals surface area contributed by atoms with Crippen molar-refractivity contribution in [1.29, 1.82) is 0 Å². The SMILES string of the molecule is CNC1CC[C@@]2(C)C(CCC3C2CC[C@]2(C)C(c4cncc(C)c4)=CCC32)C1. The molecule has 2 nitrogen and oxygen atoms in total. The van der Waals surface area contributed by atoms with E-state index < -0.39 is 0 Å². The van der Waals surface area contributed by atoms with Crippen molar-refractivity contribution in [2.45, 2.75) is 78.2 Å². The topological polar surface area (TPSA) is 24.9 Å². The smallest absolute Gasteiger partial charge is 0.0343 e. The van der Waals surface area contributed by atoms with E-state index in [2.05, 4.69) is 56.5 Å². The Kier molecular flexibility index (Phi) is 4.50. The van der Waals surface area contributed by atoms with Gasteiger partial charge in [-0.2, -0.15) is 0 Å². The molecular formula is C26H38N2. The predicted octanol–water partition coefficient (Wildman–Crippen LogP) is 6.01. The molecule has 2 heteroatoms. The zero-order valence-electron chi connectivity index (χ0n) is 18.3. The average molecular weight is 379 g/mol. The Balaban J connectivity index is 1.42. The van der Waals surface area contributed by atoms with Crippen LogP contribution in [0.4, 0.5) is 0 Å². The lowest BCUT2D eigenvalue weighted by atomic mass is 9.44. The number of aryl methyl sites for hydroxylation is 1. The summed E-state index contributed by atoms with van der Waals surface area (Å²) < 4.78 is 0. The van der Waals surface area contributed by atoms with Crippen LogP contribution in [0.5, 0.6) is 0 Å². The van der Waals surface area contributed by atoms with E-state index in [1.54, 1.807) is 5.57 Å². The molecule has 7 atom stereocenters. The van der Waals surface area contributed by atoms with Gasteiger partial charge in [-0.3, -0.25) is 4.98 Å². The molecule has 0 aliphatic heterocycles. The molecule has 0 amide bonds. The third-order valence-corrected chi connectivity index (χ3v) is 9.84. The quantitative estimate of drug-likeness (QED) is 0.681. The Hall–Kier alpha value is -1.15. The van der Waals surface area contributed by atoms with Crippen LogP contribution in [-0.4, -0.2) is 18.1 Å². The molecule has 1 N–H and O–H groups in total. The van der Waals surface area contributed by atoms with Crippen molar-refractivity contribution in [2.24, 2.45) is 34.5 Å². The number of aromatic nitrogens is 1. The van der Waals surface area contributed by atoms with Gasteiger partial charge in [0.2, 0.25) is 0 Å². The third-order valence-electron chi connectivity index (χ3n) is 9.84. The fourth-order valence-electron chi connectivity index (χ4n) is 8.24. The lowest BCUT2D eigenvalue weighted by Crippen LogP contribution is -2.54. The molecule has 0 bridgehead atoms. The molecule has 4 aliphatic rings. The van der Waals surface area contributed by atoms with Crippen LogP contribution in [0.2, 0.25) is 0 Å². The molecule has 1 aromatic rings. The van der Waals surface area contributed by atoms with Crippen molar-refractivity contribution < 1.29 is 0 Å². The van der Waals surface area contributed by atoms with Crippen molar-refractivity contribution in [3.8, 4) is 0 Å². The van der Waals surface area contributed by atoms with Crippen molar-refractivity contribution >= 4 is 5.57 Å². The summed E-state index contributed by atoms with van der Waals surface area (Å²) in [5.74, 6) is 3.67. The van der Waals surface area contributed by atoms with Gasteiger partial charge in [0, 0.05) is 18.4 Å². The van der Waals surface area contributed by atoms with E-state index in [-0.39, 0.29) is 0 Å². The minimum absolute atomic E-state index is 0.363. The average Bonchev–Trinajstić information content (AvgIpc) is 3.04.